The first-order valence-electron chi connectivity index (χ1n) is 5.96. The van der Waals surface area contributed by atoms with Crippen LogP contribution >= 0.6 is 0 Å². The Labute approximate surface area is 113 Å². The summed E-state index contributed by atoms with van der Waals surface area (Å²) in [5.41, 5.74) is 3.80. The van der Waals surface area contributed by atoms with E-state index in [1.165, 1.54) is 0 Å². The third-order valence-electron chi connectivity index (χ3n) is 3.03. The van der Waals surface area contributed by atoms with Gasteiger partial charge < -0.3 is 9.84 Å². The van der Waals surface area contributed by atoms with Crippen molar-refractivity contribution in [1.29, 1.82) is 0 Å². The molecule has 2 rings (SSSR count). The fourth-order valence-corrected chi connectivity index (χ4v) is 2.03. The van der Waals surface area contributed by atoms with Crippen molar-refractivity contribution in [3.05, 3.63) is 60.7 Å². The lowest BCUT2D eigenvalue weighted by Gasteiger charge is -2.12. The van der Waals surface area contributed by atoms with Crippen LogP contribution in [0.2, 0.25) is 0 Å². The number of phenols is 1. The number of methoxy groups -OCH3 is 1. The molecule has 0 bridgehead atoms. The molecule has 0 fully saturated rings. The summed E-state index contributed by atoms with van der Waals surface area (Å²) in [7, 11) is 1.63. The monoisotopic (exact) mass is 252 g/mol. The van der Waals surface area contributed by atoms with Gasteiger partial charge >= 0.3 is 0 Å². The molecule has 2 aromatic carbocycles. The van der Waals surface area contributed by atoms with Gasteiger partial charge in [0.25, 0.3) is 0 Å². The van der Waals surface area contributed by atoms with Crippen LogP contribution in [0.25, 0.3) is 23.3 Å². The highest BCUT2D eigenvalue weighted by molar-refractivity contribution is 5.82. The second-order valence-electron chi connectivity index (χ2n) is 4.13. The Morgan fingerprint density at radius 3 is 2.11 bits per heavy atom. The zero-order valence-corrected chi connectivity index (χ0v) is 10.9. The van der Waals surface area contributed by atoms with Crippen LogP contribution in [0, 0.1) is 0 Å². The van der Waals surface area contributed by atoms with Crippen molar-refractivity contribution in [1.82, 2.24) is 0 Å². The molecule has 96 valence electrons. The van der Waals surface area contributed by atoms with Gasteiger partial charge in [-0.15, -0.1) is 0 Å². The molecule has 0 spiro atoms. The molecule has 0 heterocycles. The number of hydrogen-bond donors (Lipinski definition) is 1. The van der Waals surface area contributed by atoms with E-state index in [2.05, 4.69) is 13.2 Å². The minimum absolute atomic E-state index is 0.221. The van der Waals surface area contributed by atoms with Gasteiger partial charge in [-0.2, -0.15) is 0 Å². The molecule has 0 aromatic heterocycles. The normalized spacial score (nSPS) is 9.95. The largest absolute Gasteiger partial charge is 0.508 e. The van der Waals surface area contributed by atoms with Gasteiger partial charge in [0.2, 0.25) is 0 Å². The maximum absolute atomic E-state index is 9.69. The summed E-state index contributed by atoms with van der Waals surface area (Å²) in [4.78, 5) is 0. The van der Waals surface area contributed by atoms with Crippen molar-refractivity contribution < 1.29 is 9.84 Å². The second-order valence-corrected chi connectivity index (χ2v) is 4.13. The topological polar surface area (TPSA) is 29.5 Å². The van der Waals surface area contributed by atoms with E-state index < -0.39 is 0 Å². The van der Waals surface area contributed by atoms with Crippen molar-refractivity contribution >= 4 is 12.2 Å². The van der Waals surface area contributed by atoms with Gasteiger partial charge in [-0.05, 0) is 46.5 Å². The first-order chi connectivity index (χ1) is 9.19. The van der Waals surface area contributed by atoms with Crippen LogP contribution in [0.5, 0.6) is 11.5 Å². The number of benzene rings is 2. The zero-order chi connectivity index (χ0) is 13.8. The van der Waals surface area contributed by atoms with E-state index in [9.17, 15) is 5.11 Å². The fourth-order valence-electron chi connectivity index (χ4n) is 2.03. The minimum Gasteiger partial charge on any atom is -0.508 e. The van der Waals surface area contributed by atoms with Crippen LogP contribution in [0.1, 0.15) is 11.1 Å². The Morgan fingerprint density at radius 1 is 0.947 bits per heavy atom. The molecule has 0 saturated heterocycles. The summed E-state index contributed by atoms with van der Waals surface area (Å²) in [5.74, 6) is 0.984. The van der Waals surface area contributed by atoms with E-state index >= 15 is 0 Å². The maximum atomic E-state index is 9.69. The van der Waals surface area contributed by atoms with Gasteiger partial charge in [0.1, 0.15) is 11.5 Å². The van der Waals surface area contributed by atoms with Crippen LogP contribution in [0.15, 0.2) is 49.6 Å². The lowest BCUT2D eigenvalue weighted by Crippen LogP contribution is -1.90. The molecular formula is C17H16O2. The average molecular weight is 252 g/mol. The van der Waals surface area contributed by atoms with Crippen molar-refractivity contribution in [2.45, 2.75) is 0 Å². The lowest BCUT2D eigenvalue weighted by atomic mass is 9.95. The summed E-state index contributed by atoms with van der Waals surface area (Å²) in [6.45, 7) is 7.63. The highest BCUT2D eigenvalue weighted by atomic mass is 16.5. The van der Waals surface area contributed by atoms with E-state index in [-0.39, 0.29) is 5.75 Å². The molecular weight excluding hydrogens is 236 g/mol. The van der Waals surface area contributed by atoms with E-state index in [4.69, 9.17) is 4.74 Å². The number of ether oxygens (including phenoxy) is 1. The van der Waals surface area contributed by atoms with Crippen LogP contribution in [0.4, 0.5) is 0 Å². The van der Waals surface area contributed by atoms with E-state index in [1.54, 1.807) is 31.4 Å². The SMILES string of the molecule is C=Cc1ccc(O)cc1-c1cc(OC)ccc1C=C. The van der Waals surface area contributed by atoms with Crippen molar-refractivity contribution in [3.63, 3.8) is 0 Å². The Kier molecular flexibility index (Phi) is 3.71. The fraction of sp³-hybridized carbons (Fsp3) is 0.0588. The molecule has 0 unspecified atom stereocenters. The number of aromatic hydroxyl groups is 1. The third kappa shape index (κ3) is 2.52. The quantitative estimate of drug-likeness (QED) is 0.876. The maximum Gasteiger partial charge on any atom is 0.119 e. The Morgan fingerprint density at radius 2 is 1.53 bits per heavy atom. The molecule has 0 aliphatic carbocycles. The zero-order valence-electron chi connectivity index (χ0n) is 10.9. The number of phenolic OH excluding ortho intramolecular Hbond substituents is 1. The van der Waals surface area contributed by atoms with Crippen molar-refractivity contribution in [3.8, 4) is 22.6 Å². The van der Waals surface area contributed by atoms with Crippen LogP contribution in [-0.4, -0.2) is 12.2 Å². The third-order valence-corrected chi connectivity index (χ3v) is 3.03. The molecule has 19 heavy (non-hydrogen) atoms. The van der Waals surface area contributed by atoms with E-state index in [0.29, 0.717) is 0 Å². The second kappa shape index (κ2) is 5.44. The van der Waals surface area contributed by atoms with Crippen LogP contribution in [-0.2, 0) is 0 Å². The minimum atomic E-state index is 0.221. The standard InChI is InChI=1S/C17H16O2/c1-4-12-6-8-14(18)10-16(12)17-11-15(19-3)9-7-13(17)5-2/h4-11,18H,1-2H2,3H3. The van der Waals surface area contributed by atoms with Gasteiger partial charge in [-0.25, -0.2) is 0 Å². The number of hydrogen-bond acceptors (Lipinski definition) is 2. The van der Waals surface area contributed by atoms with Crippen molar-refractivity contribution in [2.24, 2.45) is 0 Å². The van der Waals surface area contributed by atoms with E-state index in [1.807, 2.05) is 24.3 Å². The molecule has 1 N–H and O–H groups in total. The molecule has 0 saturated carbocycles. The molecule has 0 radical (unpaired) electrons. The Balaban J connectivity index is 2.72. The predicted octanol–water partition coefficient (Wildman–Crippen LogP) is 4.35. The summed E-state index contributed by atoms with van der Waals surface area (Å²) in [5, 5.41) is 9.69. The predicted molar refractivity (Wildman–Crippen MR) is 80.3 cm³/mol. The Bertz CT molecular complexity index is 627. The summed E-state index contributed by atoms with van der Waals surface area (Å²) in [6.07, 6.45) is 3.55. The van der Waals surface area contributed by atoms with Gasteiger partial charge in [-0.1, -0.05) is 37.4 Å². The van der Waals surface area contributed by atoms with Gasteiger partial charge in [-0.3, -0.25) is 0 Å². The molecule has 0 amide bonds. The average Bonchev–Trinajstić information content (AvgIpc) is 2.46. The number of rotatable bonds is 4. The molecule has 2 heteroatoms. The highest BCUT2D eigenvalue weighted by Crippen LogP contribution is 2.33. The molecule has 2 nitrogen and oxygen atoms in total. The first-order valence-corrected chi connectivity index (χ1v) is 5.96. The van der Waals surface area contributed by atoms with Gasteiger partial charge in [0, 0.05) is 0 Å². The van der Waals surface area contributed by atoms with Crippen molar-refractivity contribution in [2.75, 3.05) is 7.11 Å². The smallest absolute Gasteiger partial charge is 0.119 e. The van der Waals surface area contributed by atoms with Gasteiger partial charge in [0.05, 0.1) is 7.11 Å². The Hall–Kier alpha value is -2.48. The van der Waals surface area contributed by atoms with E-state index in [0.717, 1.165) is 28.0 Å². The van der Waals surface area contributed by atoms with Crippen LogP contribution < -0.4 is 4.74 Å². The summed E-state index contributed by atoms with van der Waals surface area (Å²) >= 11 is 0. The molecule has 0 aliphatic heterocycles. The molecule has 0 atom stereocenters. The molecule has 2 aromatic rings. The summed E-state index contributed by atoms with van der Waals surface area (Å²) < 4.78 is 5.26. The first kappa shape index (κ1) is 13.0. The van der Waals surface area contributed by atoms with Crippen LogP contribution in [0.3, 0.4) is 0 Å². The molecule has 0 aliphatic rings. The van der Waals surface area contributed by atoms with Gasteiger partial charge in [0.15, 0.2) is 0 Å². The highest BCUT2D eigenvalue weighted by Gasteiger charge is 2.09. The summed E-state index contributed by atoms with van der Waals surface area (Å²) in [6, 6.07) is 11.0. The lowest BCUT2D eigenvalue weighted by molar-refractivity contribution is 0.415.